The largest absolute Gasteiger partial charge is 0.347 e. The topological polar surface area (TPSA) is 22.0 Å². The van der Waals surface area contributed by atoms with E-state index in [0.29, 0.717) is 4.75 Å². The summed E-state index contributed by atoms with van der Waals surface area (Å²) in [4.78, 5) is 11.0. The second kappa shape index (κ2) is 4.89. The molecule has 1 aromatic rings. The van der Waals surface area contributed by atoms with Crippen LogP contribution in [0.1, 0.15) is 47.4 Å². The summed E-state index contributed by atoms with van der Waals surface area (Å²) in [6.45, 7) is 5.21. The molecule has 2 rings (SSSR count). The quantitative estimate of drug-likeness (QED) is 0.763. The normalized spacial score (nSPS) is 18.5. The summed E-state index contributed by atoms with van der Waals surface area (Å²) in [7, 11) is 0. The Labute approximate surface area is 108 Å². The zero-order valence-corrected chi connectivity index (χ0v) is 11.8. The van der Waals surface area contributed by atoms with E-state index >= 15 is 0 Å². The van der Waals surface area contributed by atoms with E-state index in [9.17, 15) is 4.79 Å². The van der Waals surface area contributed by atoms with Gasteiger partial charge in [0.25, 0.3) is 0 Å². The summed E-state index contributed by atoms with van der Waals surface area (Å²) in [5, 5.41) is 0. The number of carbonyl (C=O) groups is 1. The highest BCUT2D eigenvalue weighted by Crippen LogP contribution is 2.42. The number of aromatic nitrogens is 1. The number of carbonyl (C=O) groups excluding carboxylic acids is 1. The van der Waals surface area contributed by atoms with Gasteiger partial charge in [-0.1, -0.05) is 12.8 Å². The summed E-state index contributed by atoms with van der Waals surface area (Å²) in [5.41, 5.74) is 3.18. The van der Waals surface area contributed by atoms with Gasteiger partial charge in [-0.2, -0.15) is 11.8 Å². The monoisotopic (exact) mass is 251 g/mol. The zero-order chi connectivity index (χ0) is 12.5. The highest BCUT2D eigenvalue weighted by atomic mass is 32.2. The van der Waals surface area contributed by atoms with Gasteiger partial charge < -0.3 is 4.57 Å². The van der Waals surface area contributed by atoms with E-state index < -0.39 is 0 Å². The zero-order valence-electron chi connectivity index (χ0n) is 11.0. The molecular weight excluding hydrogens is 230 g/mol. The maximum absolute atomic E-state index is 11.0. The number of hydrogen-bond acceptors (Lipinski definition) is 2. The number of rotatable bonds is 4. The standard InChI is InChI=1S/C14H21NOS/c1-11-8-13(9-16)12(2)15(11)10-14(17-3)6-4-5-7-14/h8-9H,4-7,10H2,1-3H3. The second-order valence-electron chi connectivity index (χ2n) is 5.12. The van der Waals surface area contributed by atoms with Crippen LogP contribution in [-0.4, -0.2) is 21.9 Å². The molecule has 0 saturated heterocycles. The predicted molar refractivity (Wildman–Crippen MR) is 74.0 cm³/mol. The third kappa shape index (κ3) is 2.30. The van der Waals surface area contributed by atoms with Crippen LogP contribution in [0.15, 0.2) is 6.07 Å². The van der Waals surface area contributed by atoms with E-state index in [1.165, 1.54) is 31.4 Å². The molecule has 0 bridgehead atoms. The van der Waals surface area contributed by atoms with Crippen LogP contribution >= 0.6 is 11.8 Å². The molecular formula is C14H21NOS. The fraction of sp³-hybridized carbons (Fsp3) is 0.643. The minimum atomic E-state index is 0.398. The third-order valence-corrected chi connectivity index (χ3v) is 5.54. The van der Waals surface area contributed by atoms with Gasteiger partial charge in [-0.25, -0.2) is 0 Å². The average Bonchev–Trinajstić information content (AvgIpc) is 2.90. The molecule has 1 aliphatic carbocycles. The van der Waals surface area contributed by atoms with Crippen molar-refractivity contribution in [1.29, 1.82) is 0 Å². The lowest BCUT2D eigenvalue weighted by molar-refractivity contribution is 0.112. The first kappa shape index (κ1) is 12.7. The number of thioether (sulfide) groups is 1. The molecule has 0 aliphatic heterocycles. The van der Waals surface area contributed by atoms with Crippen molar-refractivity contribution >= 4 is 18.0 Å². The molecule has 17 heavy (non-hydrogen) atoms. The van der Waals surface area contributed by atoms with Crippen LogP contribution in [-0.2, 0) is 6.54 Å². The molecule has 1 aromatic heterocycles. The summed E-state index contributed by atoms with van der Waals surface area (Å²) in [6, 6.07) is 2.01. The van der Waals surface area contributed by atoms with Crippen molar-refractivity contribution in [2.75, 3.05) is 6.26 Å². The predicted octanol–water partition coefficient (Wildman–Crippen LogP) is 3.59. The number of aldehydes is 1. The van der Waals surface area contributed by atoms with E-state index in [4.69, 9.17) is 0 Å². The van der Waals surface area contributed by atoms with E-state index in [-0.39, 0.29) is 0 Å². The van der Waals surface area contributed by atoms with Crippen LogP contribution in [0, 0.1) is 13.8 Å². The molecule has 1 fully saturated rings. The number of nitrogens with zero attached hydrogens (tertiary/aromatic N) is 1. The molecule has 0 unspecified atom stereocenters. The lowest BCUT2D eigenvalue weighted by atomic mass is 10.1. The summed E-state index contributed by atoms with van der Waals surface area (Å²) in [6.07, 6.45) is 8.50. The molecule has 2 nitrogen and oxygen atoms in total. The first-order valence-electron chi connectivity index (χ1n) is 6.29. The second-order valence-corrected chi connectivity index (χ2v) is 6.40. The van der Waals surface area contributed by atoms with E-state index in [1.807, 2.05) is 17.8 Å². The van der Waals surface area contributed by atoms with Crippen molar-refractivity contribution < 1.29 is 4.79 Å². The van der Waals surface area contributed by atoms with Crippen LogP contribution in [0.5, 0.6) is 0 Å². The molecule has 94 valence electrons. The van der Waals surface area contributed by atoms with Gasteiger partial charge in [-0.05, 0) is 39.0 Å². The van der Waals surface area contributed by atoms with Gasteiger partial charge in [0.15, 0.2) is 6.29 Å². The first-order chi connectivity index (χ1) is 8.12. The lowest BCUT2D eigenvalue weighted by Crippen LogP contribution is -2.27. The summed E-state index contributed by atoms with van der Waals surface area (Å²) >= 11 is 2.00. The highest BCUT2D eigenvalue weighted by Gasteiger charge is 2.34. The van der Waals surface area contributed by atoms with Crippen molar-refractivity contribution in [1.82, 2.24) is 4.57 Å². The Kier molecular flexibility index (Phi) is 3.67. The molecule has 0 atom stereocenters. The molecule has 0 spiro atoms. The van der Waals surface area contributed by atoms with Gasteiger partial charge in [0.2, 0.25) is 0 Å². The minimum Gasteiger partial charge on any atom is -0.347 e. The van der Waals surface area contributed by atoms with Crippen molar-refractivity contribution in [3.05, 3.63) is 23.0 Å². The smallest absolute Gasteiger partial charge is 0.151 e. The maximum Gasteiger partial charge on any atom is 0.151 e. The first-order valence-corrected chi connectivity index (χ1v) is 7.51. The van der Waals surface area contributed by atoms with Gasteiger partial charge in [0, 0.05) is 28.2 Å². The van der Waals surface area contributed by atoms with Gasteiger partial charge in [-0.15, -0.1) is 0 Å². The van der Waals surface area contributed by atoms with E-state index in [0.717, 1.165) is 24.1 Å². The van der Waals surface area contributed by atoms with Crippen molar-refractivity contribution in [3.63, 3.8) is 0 Å². The summed E-state index contributed by atoms with van der Waals surface area (Å²) in [5.74, 6) is 0. The lowest BCUT2D eigenvalue weighted by Gasteiger charge is -2.29. The summed E-state index contributed by atoms with van der Waals surface area (Å²) < 4.78 is 2.72. The highest BCUT2D eigenvalue weighted by molar-refractivity contribution is 8.00. The Hall–Kier alpha value is -0.700. The Bertz CT molecular complexity index is 416. The number of aryl methyl sites for hydroxylation is 1. The van der Waals surface area contributed by atoms with E-state index in [1.54, 1.807) is 0 Å². The SMILES string of the molecule is CSC1(Cn2c(C)cc(C=O)c2C)CCCC1. The van der Waals surface area contributed by atoms with Crippen LogP contribution in [0.25, 0.3) is 0 Å². The van der Waals surface area contributed by atoms with Crippen molar-refractivity contribution in [2.24, 2.45) is 0 Å². The molecule has 3 heteroatoms. The molecule has 0 aromatic carbocycles. The number of hydrogen-bond donors (Lipinski definition) is 0. The maximum atomic E-state index is 11.0. The van der Waals surface area contributed by atoms with E-state index in [2.05, 4.69) is 24.7 Å². The molecule has 0 N–H and O–H groups in total. The van der Waals surface area contributed by atoms with Gasteiger partial charge in [0.1, 0.15) is 0 Å². The Morgan fingerprint density at radius 2 is 2.06 bits per heavy atom. The fourth-order valence-electron chi connectivity index (χ4n) is 2.92. The molecule has 0 amide bonds. The van der Waals surface area contributed by atoms with Gasteiger partial charge >= 0.3 is 0 Å². The van der Waals surface area contributed by atoms with Crippen LogP contribution in [0.2, 0.25) is 0 Å². The fourth-order valence-corrected chi connectivity index (χ4v) is 3.88. The van der Waals surface area contributed by atoms with Crippen molar-refractivity contribution in [3.8, 4) is 0 Å². The Balaban J connectivity index is 2.28. The Morgan fingerprint density at radius 3 is 2.53 bits per heavy atom. The third-order valence-electron chi connectivity index (χ3n) is 4.13. The average molecular weight is 251 g/mol. The molecule has 1 aliphatic rings. The van der Waals surface area contributed by atoms with Crippen LogP contribution in [0.4, 0.5) is 0 Å². The molecule has 0 radical (unpaired) electrons. The Morgan fingerprint density at radius 1 is 1.41 bits per heavy atom. The van der Waals surface area contributed by atoms with Crippen LogP contribution in [0.3, 0.4) is 0 Å². The minimum absolute atomic E-state index is 0.398. The van der Waals surface area contributed by atoms with Gasteiger partial charge in [0.05, 0.1) is 0 Å². The van der Waals surface area contributed by atoms with Crippen molar-refractivity contribution in [2.45, 2.75) is 50.8 Å². The van der Waals surface area contributed by atoms with Gasteiger partial charge in [-0.3, -0.25) is 4.79 Å². The molecule has 1 heterocycles. The van der Waals surface area contributed by atoms with Crippen LogP contribution < -0.4 is 0 Å². The molecule has 1 saturated carbocycles.